The Morgan fingerprint density at radius 3 is 2.61 bits per heavy atom. The van der Waals surface area contributed by atoms with Gasteiger partial charge in [0.25, 0.3) is 5.91 Å². The summed E-state index contributed by atoms with van der Waals surface area (Å²) < 4.78 is 35.4. The maximum Gasteiger partial charge on any atom is 0.254 e. The first kappa shape index (κ1) is 14.4. The Morgan fingerprint density at radius 1 is 1.44 bits per heavy atom. The number of carbonyl (C=O) groups is 1. The minimum atomic E-state index is -3.16. The molecule has 0 aliphatic heterocycles. The first-order chi connectivity index (χ1) is 8.20. The Labute approximate surface area is 105 Å². The molecular formula is C11H15FN2O3S. The number of anilines is 1. The normalized spacial score (nSPS) is 11.3. The molecule has 0 aliphatic rings. The van der Waals surface area contributed by atoms with Gasteiger partial charge in [0.15, 0.2) is 0 Å². The van der Waals surface area contributed by atoms with E-state index in [1.165, 1.54) is 19.1 Å². The van der Waals surface area contributed by atoms with Gasteiger partial charge in [-0.2, -0.15) is 0 Å². The highest BCUT2D eigenvalue weighted by Crippen LogP contribution is 2.16. The van der Waals surface area contributed by atoms with Crippen molar-refractivity contribution in [3.8, 4) is 0 Å². The lowest BCUT2D eigenvalue weighted by Crippen LogP contribution is -2.29. The van der Waals surface area contributed by atoms with Gasteiger partial charge in [-0.25, -0.2) is 12.8 Å². The van der Waals surface area contributed by atoms with Crippen molar-refractivity contribution in [1.82, 2.24) is 5.32 Å². The van der Waals surface area contributed by atoms with Crippen LogP contribution in [-0.4, -0.2) is 32.9 Å². The summed E-state index contributed by atoms with van der Waals surface area (Å²) in [7, 11) is -3.16. The maximum atomic E-state index is 13.7. The van der Waals surface area contributed by atoms with E-state index in [9.17, 15) is 17.6 Å². The zero-order chi connectivity index (χ0) is 13.9. The molecule has 0 aliphatic carbocycles. The van der Waals surface area contributed by atoms with Crippen LogP contribution in [0.4, 0.5) is 10.1 Å². The number of nitrogen functional groups attached to an aromatic ring is 1. The highest BCUT2D eigenvalue weighted by molar-refractivity contribution is 7.90. The molecule has 0 unspecified atom stereocenters. The number of halogens is 1. The summed E-state index contributed by atoms with van der Waals surface area (Å²) >= 11 is 0. The second kappa shape index (κ2) is 5.34. The fraction of sp³-hybridized carbons (Fsp3) is 0.364. The molecule has 0 atom stereocenters. The number of benzene rings is 1. The second-order valence-electron chi connectivity index (χ2n) is 4.09. The van der Waals surface area contributed by atoms with Gasteiger partial charge in [-0.15, -0.1) is 0 Å². The fourth-order valence-electron chi connectivity index (χ4n) is 1.41. The molecular weight excluding hydrogens is 259 g/mol. The number of hydrogen-bond donors (Lipinski definition) is 2. The Balaban J connectivity index is 2.79. The summed E-state index contributed by atoms with van der Waals surface area (Å²) in [6.45, 7) is 1.43. The van der Waals surface area contributed by atoms with Crippen LogP contribution < -0.4 is 11.1 Å². The lowest BCUT2D eigenvalue weighted by Gasteiger charge is -2.08. The number of aryl methyl sites for hydroxylation is 1. The van der Waals surface area contributed by atoms with Gasteiger partial charge < -0.3 is 11.1 Å². The van der Waals surface area contributed by atoms with Gasteiger partial charge in [-0.3, -0.25) is 4.79 Å². The van der Waals surface area contributed by atoms with Crippen LogP contribution in [0.5, 0.6) is 0 Å². The number of rotatable bonds is 4. The Bertz CT molecular complexity index is 570. The molecule has 0 aromatic heterocycles. The van der Waals surface area contributed by atoms with Crippen molar-refractivity contribution >= 4 is 21.4 Å². The quantitative estimate of drug-likeness (QED) is 0.782. The van der Waals surface area contributed by atoms with Crippen molar-refractivity contribution < 1.29 is 17.6 Å². The third-order valence-electron chi connectivity index (χ3n) is 2.28. The predicted molar refractivity (Wildman–Crippen MR) is 67.6 cm³/mol. The standard InChI is InChI=1S/C11H15FN2O3S/c1-7-5-8(13)6-9(10(7)12)11(15)14-3-4-18(2,16)17/h5-6H,3-4,13H2,1-2H3,(H,14,15). The summed E-state index contributed by atoms with van der Waals surface area (Å²) in [5.74, 6) is -1.52. The molecule has 3 N–H and O–H groups in total. The van der Waals surface area contributed by atoms with E-state index >= 15 is 0 Å². The van der Waals surface area contributed by atoms with Crippen LogP contribution in [-0.2, 0) is 9.84 Å². The Hall–Kier alpha value is -1.63. The molecule has 0 fully saturated rings. The molecule has 0 saturated heterocycles. The van der Waals surface area contributed by atoms with E-state index in [-0.39, 0.29) is 29.1 Å². The number of nitrogens with one attached hydrogen (secondary N) is 1. The van der Waals surface area contributed by atoms with E-state index in [1.54, 1.807) is 0 Å². The monoisotopic (exact) mass is 274 g/mol. The number of nitrogens with two attached hydrogens (primary N) is 1. The maximum absolute atomic E-state index is 13.7. The molecule has 1 aromatic carbocycles. The first-order valence-electron chi connectivity index (χ1n) is 5.22. The van der Waals surface area contributed by atoms with Gasteiger partial charge in [0, 0.05) is 18.5 Å². The molecule has 0 heterocycles. The molecule has 1 aromatic rings. The van der Waals surface area contributed by atoms with Crippen LogP contribution in [0.2, 0.25) is 0 Å². The average Bonchev–Trinajstić information content (AvgIpc) is 2.21. The Morgan fingerprint density at radius 2 is 2.06 bits per heavy atom. The van der Waals surface area contributed by atoms with Crippen LogP contribution >= 0.6 is 0 Å². The van der Waals surface area contributed by atoms with Gasteiger partial charge in [-0.1, -0.05) is 0 Å². The van der Waals surface area contributed by atoms with Crippen LogP contribution in [0, 0.1) is 12.7 Å². The lowest BCUT2D eigenvalue weighted by atomic mass is 10.1. The number of sulfone groups is 1. The van der Waals surface area contributed by atoms with Crippen molar-refractivity contribution in [2.24, 2.45) is 0 Å². The van der Waals surface area contributed by atoms with Gasteiger partial charge in [0.2, 0.25) is 0 Å². The highest BCUT2D eigenvalue weighted by Gasteiger charge is 2.14. The molecule has 7 heteroatoms. The largest absolute Gasteiger partial charge is 0.399 e. The lowest BCUT2D eigenvalue weighted by molar-refractivity contribution is 0.0952. The topological polar surface area (TPSA) is 89.3 Å². The molecule has 5 nitrogen and oxygen atoms in total. The molecule has 0 spiro atoms. The fourth-order valence-corrected chi connectivity index (χ4v) is 1.88. The van der Waals surface area contributed by atoms with Crippen molar-refractivity contribution in [1.29, 1.82) is 0 Å². The summed E-state index contributed by atoms with van der Waals surface area (Å²) in [6.07, 6.45) is 1.06. The summed E-state index contributed by atoms with van der Waals surface area (Å²) in [5.41, 5.74) is 5.89. The summed E-state index contributed by atoms with van der Waals surface area (Å²) in [4.78, 5) is 11.7. The summed E-state index contributed by atoms with van der Waals surface area (Å²) in [6, 6.07) is 2.64. The summed E-state index contributed by atoms with van der Waals surface area (Å²) in [5, 5.41) is 2.34. The van der Waals surface area contributed by atoms with Crippen molar-refractivity contribution in [2.45, 2.75) is 6.92 Å². The molecule has 0 radical (unpaired) electrons. The van der Waals surface area contributed by atoms with Crippen LogP contribution in [0.1, 0.15) is 15.9 Å². The van der Waals surface area contributed by atoms with E-state index in [0.29, 0.717) is 0 Å². The molecule has 18 heavy (non-hydrogen) atoms. The highest BCUT2D eigenvalue weighted by atomic mass is 32.2. The van der Waals surface area contributed by atoms with E-state index in [0.717, 1.165) is 6.26 Å². The van der Waals surface area contributed by atoms with Crippen LogP contribution in [0.3, 0.4) is 0 Å². The molecule has 1 rings (SSSR count). The van der Waals surface area contributed by atoms with Crippen molar-refractivity contribution in [3.63, 3.8) is 0 Å². The zero-order valence-corrected chi connectivity index (χ0v) is 11.0. The van der Waals surface area contributed by atoms with E-state index in [4.69, 9.17) is 5.73 Å². The SMILES string of the molecule is Cc1cc(N)cc(C(=O)NCCS(C)(=O)=O)c1F. The van der Waals surface area contributed by atoms with E-state index < -0.39 is 21.6 Å². The molecule has 100 valence electrons. The zero-order valence-electron chi connectivity index (χ0n) is 10.2. The third-order valence-corrected chi connectivity index (χ3v) is 3.23. The average molecular weight is 274 g/mol. The third kappa shape index (κ3) is 3.99. The molecule has 0 saturated carbocycles. The molecule has 1 amide bonds. The minimum Gasteiger partial charge on any atom is -0.399 e. The van der Waals surface area contributed by atoms with Gasteiger partial charge in [0.1, 0.15) is 15.7 Å². The Kier molecular flexibility index (Phi) is 4.28. The minimum absolute atomic E-state index is 0.0645. The van der Waals surface area contributed by atoms with Crippen molar-refractivity contribution in [3.05, 3.63) is 29.1 Å². The van der Waals surface area contributed by atoms with Crippen LogP contribution in [0.15, 0.2) is 12.1 Å². The van der Waals surface area contributed by atoms with E-state index in [2.05, 4.69) is 5.32 Å². The van der Waals surface area contributed by atoms with Crippen molar-refractivity contribution in [2.75, 3.05) is 24.3 Å². The van der Waals surface area contributed by atoms with E-state index in [1.807, 2.05) is 0 Å². The van der Waals surface area contributed by atoms with Gasteiger partial charge in [-0.05, 0) is 24.6 Å². The molecule has 0 bridgehead atoms. The predicted octanol–water partition coefficient (Wildman–Crippen LogP) is 0.491. The number of carbonyl (C=O) groups excluding carboxylic acids is 1. The van der Waals surface area contributed by atoms with Crippen LogP contribution in [0.25, 0.3) is 0 Å². The van der Waals surface area contributed by atoms with Gasteiger partial charge in [0.05, 0.1) is 11.3 Å². The number of hydrogen-bond acceptors (Lipinski definition) is 4. The smallest absolute Gasteiger partial charge is 0.254 e. The van der Waals surface area contributed by atoms with Gasteiger partial charge >= 0.3 is 0 Å². The second-order valence-corrected chi connectivity index (χ2v) is 6.34. The number of amides is 1. The first-order valence-corrected chi connectivity index (χ1v) is 7.28.